The number of anilines is 1. The van der Waals surface area contributed by atoms with Crippen molar-refractivity contribution in [3.8, 4) is 0 Å². The molecule has 4 heteroatoms. The van der Waals surface area contributed by atoms with Gasteiger partial charge in [0.15, 0.2) is 0 Å². The van der Waals surface area contributed by atoms with E-state index >= 15 is 0 Å². The van der Waals surface area contributed by atoms with Crippen LogP contribution in [0.4, 0.5) is 5.69 Å². The zero-order valence-corrected chi connectivity index (χ0v) is 13.9. The summed E-state index contributed by atoms with van der Waals surface area (Å²) in [6.45, 7) is 3.22. The quantitative estimate of drug-likeness (QED) is 0.871. The third kappa shape index (κ3) is 3.91. The van der Waals surface area contributed by atoms with Gasteiger partial charge in [-0.1, -0.05) is 11.6 Å². The normalized spacial score (nSPS) is 22.3. The Kier molecular flexibility index (Phi) is 4.72. The number of nitrogens with one attached hydrogen (secondary N) is 1. The third-order valence-electron chi connectivity index (χ3n) is 4.46. The van der Waals surface area contributed by atoms with Crippen molar-refractivity contribution < 1.29 is 0 Å². The standard InChI is InChI=1S/C17H26ClN3/c1-20(2)12-16-4-3-9-21(16)17-8-5-14(18)10-13(17)11-19-15-6-7-15/h5,8,10,15-16,19H,3-4,6-7,9,11-12H2,1-2H3. The SMILES string of the molecule is CN(C)CC1CCCN1c1ccc(Cl)cc1CNC1CC1. The minimum atomic E-state index is 0.626. The van der Waals surface area contributed by atoms with Crippen molar-refractivity contribution in [1.82, 2.24) is 10.2 Å². The van der Waals surface area contributed by atoms with Crippen LogP contribution in [0.25, 0.3) is 0 Å². The molecular weight excluding hydrogens is 282 g/mol. The highest BCUT2D eigenvalue weighted by molar-refractivity contribution is 6.30. The van der Waals surface area contributed by atoms with Crippen molar-refractivity contribution in [2.24, 2.45) is 0 Å². The Hall–Kier alpha value is -0.770. The van der Waals surface area contributed by atoms with Crippen molar-refractivity contribution in [1.29, 1.82) is 0 Å². The van der Waals surface area contributed by atoms with E-state index in [0.717, 1.165) is 30.7 Å². The third-order valence-corrected chi connectivity index (χ3v) is 4.70. The van der Waals surface area contributed by atoms with E-state index in [9.17, 15) is 0 Å². The Morgan fingerprint density at radius 3 is 2.81 bits per heavy atom. The predicted molar refractivity (Wildman–Crippen MR) is 90.2 cm³/mol. The van der Waals surface area contributed by atoms with Gasteiger partial charge in [-0.25, -0.2) is 0 Å². The first-order valence-corrected chi connectivity index (χ1v) is 8.44. The van der Waals surface area contributed by atoms with Crippen molar-refractivity contribution in [3.63, 3.8) is 0 Å². The number of hydrogen-bond donors (Lipinski definition) is 1. The molecular formula is C17H26ClN3. The van der Waals surface area contributed by atoms with Gasteiger partial charge in [0.25, 0.3) is 0 Å². The van der Waals surface area contributed by atoms with Crippen LogP contribution in [-0.4, -0.2) is 44.2 Å². The molecule has 1 atom stereocenters. The van der Waals surface area contributed by atoms with E-state index in [1.807, 2.05) is 6.07 Å². The van der Waals surface area contributed by atoms with Gasteiger partial charge in [0.05, 0.1) is 0 Å². The van der Waals surface area contributed by atoms with Gasteiger partial charge >= 0.3 is 0 Å². The maximum atomic E-state index is 6.22. The summed E-state index contributed by atoms with van der Waals surface area (Å²) in [5.41, 5.74) is 2.72. The summed E-state index contributed by atoms with van der Waals surface area (Å²) >= 11 is 6.22. The lowest BCUT2D eigenvalue weighted by Gasteiger charge is -2.31. The van der Waals surface area contributed by atoms with Crippen molar-refractivity contribution >= 4 is 17.3 Å². The zero-order chi connectivity index (χ0) is 14.8. The summed E-state index contributed by atoms with van der Waals surface area (Å²) in [5, 5.41) is 4.47. The van der Waals surface area contributed by atoms with Crippen LogP contribution in [-0.2, 0) is 6.54 Å². The molecule has 21 heavy (non-hydrogen) atoms. The number of benzene rings is 1. The van der Waals surface area contributed by atoms with E-state index in [-0.39, 0.29) is 0 Å². The Morgan fingerprint density at radius 1 is 1.29 bits per heavy atom. The van der Waals surface area contributed by atoms with Crippen molar-refractivity contribution in [3.05, 3.63) is 28.8 Å². The van der Waals surface area contributed by atoms with Gasteiger partial charge in [-0.15, -0.1) is 0 Å². The van der Waals surface area contributed by atoms with Crippen LogP contribution in [0.2, 0.25) is 5.02 Å². The molecule has 1 aliphatic heterocycles. The lowest BCUT2D eigenvalue weighted by Crippen LogP contribution is -2.38. The Morgan fingerprint density at radius 2 is 2.10 bits per heavy atom. The van der Waals surface area contributed by atoms with Crippen LogP contribution >= 0.6 is 11.6 Å². The van der Waals surface area contributed by atoms with E-state index in [4.69, 9.17) is 11.6 Å². The molecule has 3 rings (SSSR count). The van der Waals surface area contributed by atoms with Gasteiger partial charge in [-0.3, -0.25) is 0 Å². The summed E-state index contributed by atoms with van der Waals surface area (Å²) < 4.78 is 0. The van der Waals surface area contributed by atoms with Gasteiger partial charge < -0.3 is 15.1 Å². The second kappa shape index (κ2) is 6.55. The second-order valence-electron chi connectivity index (χ2n) is 6.68. The summed E-state index contributed by atoms with van der Waals surface area (Å²) in [6.07, 6.45) is 5.22. The van der Waals surface area contributed by atoms with E-state index in [0.29, 0.717) is 6.04 Å². The number of nitrogens with zero attached hydrogens (tertiary/aromatic N) is 2. The van der Waals surface area contributed by atoms with Crippen LogP contribution < -0.4 is 10.2 Å². The summed E-state index contributed by atoms with van der Waals surface area (Å²) in [7, 11) is 4.32. The molecule has 1 aromatic carbocycles. The maximum Gasteiger partial charge on any atom is 0.0417 e. The molecule has 0 aromatic heterocycles. The predicted octanol–water partition coefficient (Wildman–Crippen LogP) is 3.12. The highest BCUT2D eigenvalue weighted by Gasteiger charge is 2.27. The molecule has 1 saturated carbocycles. The molecule has 1 N–H and O–H groups in total. The monoisotopic (exact) mass is 307 g/mol. The molecule has 1 heterocycles. The molecule has 0 radical (unpaired) electrons. The molecule has 2 aliphatic rings. The molecule has 3 nitrogen and oxygen atoms in total. The average Bonchev–Trinajstić information content (AvgIpc) is 3.16. The highest BCUT2D eigenvalue weighted by atomic mass is 35.5. The molecule has 1 aliphatic carbocycles. The van der Waals surface area contributed by atoms with Gasteiger partial charge in [-0.05, 0) is 63.5 Å². The van der Waals surface area contributed by atoms with E-state index < -0.39 is 0 Å². The largest absolute Gasteiger partial charge is 0.367 e. The number of hydrogen-bond acceptors (Lipinski definition) is 3. The fraction of sp³-hybridized carbons (Fsp3) is 0.647. The molecule has 0 spiro atoms. The molecule has 0 bridgehead atoms. The fourth-order valence-corrected chi connectivity index (χ4v) is 3.48. The lowest BCUT2D eigenvalue weighted by atomic mass is 10.1. The highest BCUT2D eigenvalue weighted by Crippen LogP contribution is 2.31. The molecule has 0 amide bonds. The smallest absolute Gasteiger partial charge is 0.0417 e. The molecule has 1 unspecified atom stereocenters. The Bertz CT molecular complexity index is 485. The average molecular weight is 308 g/mol. The van der Waals surface area contributed by atoms with E-state index in [1.54, 1.807) is 0 Å². The van der Waals surface area contributed by atoms with Crippen molar-refractivity contribution in [2.45, 2.75) is 44.3 Å². The summed E-state index contributed by atoms with van der Waals surface area (Å²) in [6, 6.07) is 7.73. The van der Waals surface area contributed by atoms with Gasteiger partial charge in [0.1, 0.15) is 0 Å². The van der Waals surface area contributed by atoms with Crippen molar-refractivity contribution in [2.75, 3.05) is 32.1 Å². The molecule has 1 saturated heterocycles. The Labute approximate surface area is 133 Å². The minimum Gasteiger partial charge on any atom is -0.367 e. The minimum absolute atomic E-state index is 0.626. The summed E-state index contributed by atoms with van der Waals surface area (Å²) in [5.74, 6) is 0. The lowest BCUT2D eigenvalue weighted by molar-refractivity contribution is 0.372. The first-order chi connectivity index (χ1) is 10.1. The van der Waals surface area contributed by atoms with Gasteiger partial charge in [-0.2, -0.15) is 0 Å². The van der Waals surface area contributed by atoms with Gasteiger partial charge in [0.2, 0.25) is 0 Å². The van der Waals surface area contributed by atoms with Gasteiger partial charge in [0, 0.05) is 42.4 Å². The fourth-order valence-electron chi connectivity index (χ4n) is 3.28. The molecule has 2 fully saturated rings. The number of rotatable bonds is 6. The first kappa shape index (κ1) is 15.1. The Balaban J connectivity index is 1.78. The van der Waals surface area contributed by atoms with Crippen LogP contribution in [0, 0.1) is 0 Å². The van der Waals surface area contributed by atoms with Crippen LogP contribution in [0.15, 0.2) is 18.2 Å². The van der Waals surface area contributed by atoms with Crippen LogP contribution in [0.3, 0.4) is 0 Å². The summed E-state index contributed by atoms with van der Waals surface area (Å²) in [4.78, 5) is 4.88. The van der Waals surface area contributed by atoms with Crippen LogP contribution in [0.1, 0.15) is 31.2 Å². The second-order valence-corrected chi connectivity index (χ2v) is 7.12. The van der Waals surface area contributed by atoms with Crippen LogP contribution in [0.5, 0.6) is 0 Å². The molecule has 116 valence electrons. The first-order valence-electron chi connectivity index (χ1n) is 8.06. The van der Waals surface area contributed by atoms with E-state index in [1.165, 1.54) is 36.9 Å². The topological polar surface area (TPSA) is 18.5 Å². The number of likely N-dealkylation sites (N-methyl/N-ethyl adjacent to an activating group) is 1. The number of halogens is 1. The maximum absolute atomic E-state index is 6.22. The molecule has 1 aromatic rings. The zero-order valence-electron chi connectivity index (χ0n) is 13.1. The van der Waals surface area contributed by atoms with E-state index in [2.05, 4.69) is 41.3 Å².